The SMILES string of the molecule is COCc1nc(-c2ccc(Cl)cc2)cnc1C(=O)O. The Labute approximate surface area is 114 Å². The average molecular weight is 279 g/mol. The van der Waals surface area contributed by atoms with Crippen molar-refractivity contribution in [1.29, 1.82) is 0 Å². The van der Waals surface area contributed by atoms with Gasteiger partial charge in [-0.05, 0) is 12.1 Å². The zero-order valence-corrected chi connectivity index (χ0v) is 10.9. The van der Waals surface area contributed by atoms with Gasteiger partial charge in [-0.15, -0.1) is 0 Å². The molecule has 0 atom stereocenters. The van der Waals surface area contributed by atoms with Gasteiger partial charge < -0.3 is 9.84 Å². The summed E-state index contributed by atoms with van der Waals surface area (Å²) in [5.74, 6) is -1.12. The first-order valence-electron chi connectivity index (χ1n) is 5.46. The van der Waals surface area contributed by atoms with Gasteiger partial charge in [0.2, 0.25) is 0 Å². The van der Waals surface area contributed by atoms with Crippen LogP contribution in [0.2, 0.25) is 5.02 Å². The summed E-state index contributed by atoms with van der Waals surface area (Å²) in [6.45, 7) is 0.0933. The highest BCUT2D eigenvalue weighted by Crippen LogP contribution is 2.20. The van der Waals surface area contributed by atoms with Gasteiger partial charge in [0.15, 0.2) is 5.69 Å². The molecule has 1 heterocycles. The monoisotopic (exact) mass is 278 g/mol. The molecule has 1 aromatic heterocycles. The van der Waals surface area contributed by atoms with Gasteiger partial charge in [0.1, 0.15) is 0 Å². The van der Waals surface area contributed by atoms with Crippen LogP contribution in [0.4, 0.5) is 0 Å². The summed E-state index contributed by atoms with van der Waals surface area (Å²) in [4.78, 5) is 19.2. The minimum absolute atomic E-state index is 0.0933. The van der Waals surface area contributed by atoms with Crippen LogP contribution in [0.15, 0.2) is 30.5 Å². The van der Waals surface area contributed by atoms with Crippen LogP contribution in [-0.4, -0.2) is 28.2 Å². The number of aromatic carboxylic acids is 1. The van der Waals surface area contributed by atoms with Crippen LogP contribution in [-0.2, 0) is 11.3 Å². The normalized spacial score (nSPS) is 10.4. The van der Waals surface area contributed by atoms with Gasteiger partial charge in [0.05, 0.1) is 24.2 Å². The number of carbonyl (C=O) groups is 1. The molecule has 0 radical (unpaired) electrons. The quantitative estimate of drug-likeness (QED) is 0.931. The molecule has 2 aromatic rings. The molecule has 1 aromatic carbocycles. The van der Waals surface area contributed by atoms with E-state index in [2.05, 4.69) is 9.97 Å². The first-order valence-corrected chi connectivity index (χ1v) is 5.83. The average Bonchev–Trinajstić information content (AvgIpc) is 2.39. The molecule has 1 N–H and O–H groups in total. The molecule has 19 heavy (non-hydrogen) atoms. The Morgan fingerprint density at radius 1 is 1.37 bits per heavy atom. The van der Waals surface area contributed by atoms with Crippen molar-refractivity contribution in [3.05, 3.63) is 46.9 Å². The van der Waals surface area contributed by atoms with E-state index in [0.29, 0.717) is 16.4 Å². The molecule has 5 nitrogen and oxygen atoms in total. The van der Waals surface area contributed by atoms with Crippen molar-refractivity contribution >= 4 is 17.6 Å². The lowest BCUT2D eigenvalue weighted by atomic mass is 10.1. The number of nitrogens with zero attached hydrogens (tertiary/aromatic N) is 2. The number of benzene rings is 1. The lowest BCUT2D eigenvalue weighted by Gasteiger charge is -2.06. The number of methoxy groups -OCH3 is 1. The molecule has 0 spiro atoms. The first kappa shape index (κ1) is 13.5. The van der Waals surface area contributed by atoms with Gasteiger partial charge in [-0.25, -0.2) is 14.8 Å². The van der Waals surface area contributed by atoms with Gasteiger partial charge in [-0.2, -0.15) is 0 Å². The second kappa shape index (κ2) is 5.77. The predicted molar refractivity (Wildman–Crippen MR) is 70.2 cm³/mol. The lowest BCUT2D eigenvalue weighted by molar-refractivity contribution is 0.0683. The topological polar surface area (TPSA) is 72.3 Å². The highest BCUT2D eigenvalue weighted by atomic mass is 35.5. The van der Waals surface area contributed by atoms with E-state index in [9.17, 15) is 4.79 Å². The van der Waals surface area contributed by atoms with Crippen molar-refractivity contribution < 1.29 is 14.6 Å². The maximum absolute atomic E-state index is 11.0. The smallest absolute Gasteiger partial charge is 0.356 e. The Kier molecular flexibility index (Phi) is 4.09. The number of hydrogen-bond acceptors (Lipinski definition) is 4. The summed E-state index contributed by atoms with van der Waals surface area (Å²) in [6, 6.07) is 7.06. The van der Waals surface area contributed by atoms with Gasteiger partial charge >= 0.3 is 5.97 Å². The highest BCUT2D eigenvalue weighted by Gasteiger charge is 2.14. The van der Waals surface area contributed by atoms with Crippen LogP contribution >= 0.6 is 11.6 Å². The molecule has 0 amide bonds. The predicted octanol–water partition coefficient (Wildman–Crippen LogP) is 2.64. The summed E-state index contributed by atoms with van der Waals surface area (Å²) in [5, 5.41) is 9.64. The fourth-order valence-corrected chi connectivity index (χ4v) is 1.73. The van der Waals surface area contributed by atoms with Crippen molar-refractivity contribution in [2.75, 3.05) is 7.11 Å². The third-order valence-electron chi connectivity index (χ3n) is 2.47. The minimum atomic E-state index is -1.12. The summed E-state index contributed by atoms with van der Waals surface area (Å²) >= 11 is 5.81. The fraction of sp³-hybridized carbons (Fsp3) is 0.154. The van der Waals surface area contributed by atoms with Gasteiger partial charge in [-0.3, -0.25) is 0 Å². The van der Waals surface area contributed by atoms with E-state index >= 15 is 0 Å². The maximum Gasteiger partial charge on any atom is 0.356 e. The number of ether oxygens (including phenoxy) is 1. The number of rotatable bonds is 4. The van der Waals surface area contributed by atoms with Crippen molar-refractivity contribution in [3.8, 4) is 11.3 Å². The highest BCUT2D eigenvalue weighted by molar-refractivity contribution is 6.30. The Morgan fingerprint density at radius 2 is 2.05 bits per heavy atom. The Balaban J connectivity index is 2.45. The van der Waals surface area contributed by atoms with Gasteiger partial charge in [-0.1, -0.05) is 23.7 Å². The molecule has 2 rings (SSSR count). The first-order chi connectivity index (χ1) is 9.11. The third-order valence-corrected chi connectivity index (χ3v) is 2.72. The molecule has 0 aliphatic rings. The van der Waals surface area contributed by atoms with Crippen molar-refractivity contribution in [3.63, 3.8) is 0 Å². The van der Waals surface area contributed by atoms with Gasteiger partial charge in [0, 0.05) is 17.7 Å². The van der Waals surface area contributed by atoms with E-state index in [1.54, 1.807) is 24.3 Å². The van der Waals surface area contributed by atoms with E-state index < -0.39 is 5.97 Å². The number of aromatic nitrogens is 2. The molecular weight excluding hydrogens is 268 g/mol. The zero-order chi connectivity index (χ0) is 13.8. The standard InChI is InChI=1S/C13H11ClN2O3/c1-19-7-11-12(13(17)18)15-6-10(16-11)8-2-4-9(14)5-3-8/h2-6H,7H2,1H3,(H,17,18). The molecule has 0 bridgehead atoms. The van der Waals surface area contributed by atoms with Crippen molar-refractivity contribution in [2.45, 2.75) is 6.61 Å². The number of halogens is 1. The molecule has 0 saturated heterocycles. The van der Waals surface area contributed by atoms with E-state index in [1.807, 2.05) is 0 Å². The summed E-state index contributed by atoms with van der Waals surface area (Å²) in [5.41, 5.74) is 1.59. The second-order valence-electron chi connectivity index (χ2n) is 3.80. The van der Waals surface area contributed by atoms with Crippen LogP contribution in [0.1, 0.15) is 16.2 Å². The molecule has 98 valence electrons. The second-order valence-corrected chi connectivity index (χ2v) is 4.23. The Morgan fingerprint density at radius 3 is 2.63 bits per heavy atom. The van der Waals surface area contributed by atoms with E-state index in [-0.39, 0.29) is 12.3 Å². The Hall–Kier alpha value is -1.98. The molecule has 6 heteroatoms. The molecule has 0 aliphatic carbocycles. The van der Waals surface area contributed by atoms with Crippen LogP contribution in [0, 0.1) is 0 Å². The maximum atomic E-state index is 11.0. The van der Waals surface area contributed by atoms with E-state index in [4.69, 9.17) is 21.4 Å². The lowest BCUT2D eigenvalue weighted by Crippen LogP contribution is -2.09. The molecule has 0 unspecified atom stereocenters. The van der Waals surface area contributed by atoms with E-state index in [0.717, 1.165) is 5.56 Å². The molecule has 0 aliphatic heterocycles. The van der Waals surface area contributed by atoms with Crippen LogP contribution in [0.3, 0.4) is 0 Å². The largest absolute Gasteiger partial charge is 0.476 e. The third kappa shape index (κ3) is 3.07. The minimum Gasteiger partial charge on any atom is -0.476 e. The van der Waals surface area contributed by atoms with Crippen LogP contribution in [0.25, 0.3) is 11.3 Å². The molecule has 0 saturated carbocycles. The Bertz CT molecular complexity index is 599. The van der Waals surface area contributed by atoms with Crippen molar-refractivity contribution in [1.82, 2.24) is 9.97 Å². The van der Waals surface area contributed by atoms with Crippen LogP contribution in [0.5, 0.6) is 0 Å². The van der Waals surface area contributed by atoms with Crippen molar-refractivity contribution in [2.24, 2.45) is 0 Å². The fourth-order valence-electron chi connectivity index (χ4n) is 1.60. The van der Waals surface area contributed by atoms with Crippen LogP contribution < -0.4 is 0 Å². The number of carboxylic acids is 1. The molecular formula is C13H11ClN2O3. The van der Waals surface area contributed by atoms with Gasteiger partial charge in [0.25, 0.3) is 0 Å². The summed E-state index contributed by atoms with van der Waals surface area (Å²) in [6.07, 6.45) is 1.42. The van der Waals surface area contributed by atoms with E-state index in [1.165, 1.54) is 13.3 Å². The summed E-state index contributed by atoms with van der Waals surface area (Å²) in [7, 11) is 1.47. The zero-order valence-electron chi connectivity index (χ0n) is 10.1. The molecule has 0 fully saturated rings. The number of carboxylic acid groups (broad SMARTS) is 1. The number of hydrogen-bond donors (Lipinski definition) is 1. The summed E-state index contributed by atoms with van der Waals surface area (Å²) < 4.78 is 4.94.